The van der Waals surface area contributed by atoms with Crippen molar-refractivity contribution in [3.8, 4) is 11.5 Å². The van der Waals surface area contributed by atoms with Gasteiger partial charge in [-0.3, -0.25) is 4.79 Å². The number of methoxy groups -OCH3 is 1. The Morgan fingerprint density at radius 2 is 1.68 bits per heavy atom. The van der Waals surface area contributed by atoms with Crippen LogP contribution in [-0.4, -0.2) is 25.0 Å². The average molecular weight is 419 g/mol. The van der Waals surface area contributed by atoms with Gasteiger partial charge in [0.05, 0.1) is 12.7 Å². The van der Waals surface area contributed by atoms with E-state index in [1.807, 2.05) is 42.5 Å². The molecule has 0 aliphatic carbocycles. The lowest BCUT2D eigenvalue weighted by Gasteiger charge is -2.12. The third-order valence-electron chi connectivity index (χ3n) is 4.43. The number of oxime groups is 1. The van der Waals surface area contributed by atoms with Crippen LogP contribution < -0.4 is 20.5 Å². The molecule has 3 rings (SSSR count). The van der Waals surface area contributed by atoms with Gasteiger partial charge in [0.2, 0.25) is 6.10 Å². The molecule has 7 heteroatoms. The zero-order chi connectivity index (χ0) is 22.1. The number of para-hydroxylation sites is 1. The van der Waals surface area contributed by atoms with Crippen molar-refractivity contribution in [2.45, 2.75) is 19.6 Å². The minimum absolute atomic E-state index is 0.122. The zero-order valence-electron chi connectivity index (χ0n) is 17.4. The van der Waals surface area contributed by atoms with Gasteiger partial charge in [-0.05, 0) is 48.9 Å². The first-order valence-electron chi connectivity index (χ1n) is 9.77. The lowest BCUT2D eigenvalue weighted by molar-refractivity contribution is -0.126. The van der Waals surface area contributed by atoms with Gasteiger partial charge in [-0.1, -0.05) is 47.6 Å². The summed E-state index contributed by atoms with van der Waals surface area (Å²) in [6, 6.07) is 24.2. The first kappa shape index (κ1) is 21.7. The first-order chi connectivity index (χ1) is 15.1. The van der Waals surface area contributed by atoms with Crippen LogP contribution in [0.2, 0.25) is 0 Å². The van der Waals surface area contributed by atoms with E-state index in [9.17, 15) is 4.79 Å². The molecular weight excluding hydrogens is 394 g/mol. The molecule has 3 aromatic carbocycles. The number of carbonyl (C=O) groups is 1. The third kappa shape index (κ3) is 6.24. The Kier molecular flexibility index (Phi) is 7.48. The van der Waals surface area contributed by atoms with E-state index in [0.717, 1.165) is 5.56 Å². The number of amidine groups is 1. The highest BCUT2D eigenvalue weighted by Gasteiger charge is 2.15. The molecule has 0 radical (unpaired) electrons. The molecule has 1 atom stereocenters. The number of rotatable bonds is 9. The standard InChI is InChI=1S/C24H25N3O4/c1-17(31-27-23(25)21-10-6-7-11-22(21)29-2)24(28)26-19-12-14-20(15-13-19)30-16-18-8-4-3-5-9-18/h3-15,17H,16H2,1-2H3,(H2,25,27)(H,26,28). The summed E-state index contributed by atoms with van der Waals surface area (Å²) in [5.74, 6) is 1.05. The number of carbonyl (C=O) groups excluding carboxylic acids is 1. The molecule has 0 aliphatic rings. The van der Waals surface area contributed by atoms with Gasteiger partial charge < -0.3 is 25.4 Å². The van der Waals surface area contributed by atoms with Gasteiger partial charge in [-0.15, -0.1) is 0 Å². The number of nitrogens with one attached hydrogen (secondary N) is 1. The van der Waals surface area contributed by atoms with Gasteiger partial charge in [0.15, 0.2) is 5.84 Å². The average Bonchev–Trinajstić information content (AvgIpc) is 2.82. The number of hydrogen-bond donors (Lipinski definition) is 2. The van der Waals surface area contributed by atoms with Gasteiger partial charge in [0.25, 0.3) is 5.91 Å². The Bertz CT molecular complexity index is 1020. The molecule has 0 saturated heterocycles. The van der Waals surface area contributed by atoms with E-state index in [0.29, 0.717) is 29.4 Å². The lowest BCUT2D eigenvalue weighted by atomic mass is 10.2. The van der Waals surface area contributed by atoms with E-state index in [-0.39, 0.29) is 11.7 Å². The molecule has 0 heterocycles. The zero-order valence-corrected chi connectivity index (χ0v) is 17.4. The van der Waals surface area contributed by atoms with E-state index in [1.54, 1.807) is 50.4 Å². The van der Waals surface area contributed by atoms with Crippen LogP contribution in [0.1, 0.15) is 18.1 Å². The van der Waals surface area contributed by atoms with E-state index in [1.165, 1.54) is 0 Å². The molecule has 0 saturated carbocycles. The minimum atomic E-state index is -0.845. The number of nitrogens with two attached hydrogens (primary N) is 1. The maximum absolute atomic E-state index is 12.4. The fourth-order valence-electron chi connectivity index (χ4n) is 2.71. The summed E-state index contributed by atoms with van der Waals surface area (Å²) >= 11 is 0. The first-order valence-corrected chi connectivity index (χ1v) is 9.77. The monoisotopic (exact) mass is 419 g/mol. The van der Waals surface area contributed by atoms with Crippen molar-refractivity contribution in [2.75, 3.05) is 12.4 Å². The quantitative estimate of drug-likeness (QED) is 0.311. The molecular formula is C24H25N3O4. The van der Waals surface area contributed by atoms with Crippen LogP contribution in [0.3, 0.4) is 0 Å². The van der Waals surface area contributed by atoms with Gasteiger partial charge in [-0.25, -0.2) is 0 Å². The number of benzene rings is 3. The molecule has 3 aromatic rings. The van der Waals surface area contributed by atoms with Crippen molar-refractivity contribution in [2.24, 2.45) is 10.9 Å². The summed E-state index contributed by atoms with van der Waals surface area (Å²) in [5, 5.41) is 6.64. The van der Waals surface area contributed by atoms with E-state index in [2.05, 4.69) is 10.5 Å². The van der Waals surface area contributed by atoms with Crippen molar-refractivity contribution in [3.63, 3.8) is 0 Å². The van der Waals surface area contributed by atoms with Crippen molar-refractivity contribution in [3.05, 3.63) is 90.0 Å². The van der Waals surface area contributed by atoms with Crippen LogP contribution in [-0.2, 0) is 16.2 Å². The summed E-state index contributed by atoms with van der Waals surface area (Å²) in [6.45, 7) is 2.06. The van der Waals surface area contributed by atoms with Crippen molar-refractivity contribution in [1.82, 2.24) is 0 Å². The van der Waals surface area contributed by atoms with Crippen molar-refractivity contribution < 1.29 is 19.1 Å². The van der Waals surface area contributed by atoms with Crippen LogP contribution in [0.5, 0.6) is 11.5 Å². The number of nitrogens with zero attached hydrogens (tertiary/aromatic N) is 1. The van der Waals surface area contributed by atoms with Crippen LogP contribution in [0.15, 0.2) is 84.0 Å². The smallest absolute Gasteiger partial charge is 0.267 e. The van der Waals surface area contributed by atoms with E-state index >= 15 is 0 Å². The summed E-state index contributed by atoms with van der Waals surface area (Å²) < 4.78 is 11.0. The van der Waals surface area contributed by atoms with Gasteiger partial charge in [-0.2, -0.15) is 0 Å². The van der Waals surface area contributed by atoms with Crippen LogP contribution in [0, 0.1) is 0 Å². The van der Waals surface area contributed by atoms with Gasteiger partial charge in [0.1, 0.15) is 18.1 Å². The molecule has 7 nitrogen and oxygen atoms in total. The van der Waals surface area contributed by atoms with Crippen molar-refractivity contribution in [1.29, 1.82) is 0 Å². The molecule has 160 valence electrons. The molecule has 0 aliphatic heterocycles. The summed E-state index contributed by atoms with van der Waals surface area (Å²) in [7, 11) is 1.54. The lowest BCUT2D eigenvalue weighted by Crippen LogP contribution is -2.27. The highest BCUT2D eigenvalue weighted by atomic mass is 16.6. The number of hydrogen-bond acceptors (Lipinski definition) is 5. The Morgan fingerprint density at radius 3 is 2.39 bits per heavy atom. The highest BCUT2D eigenvalue weighted by molar-refractivity contribution is 5.99. The van der Waals surface area contributed by atoms with Gasteiger partial charge >= 0.3 is 0 Å². The second-order valence-corrected chi connectivity index (χ2v) is 6.71. The maximum Gasteiger partial charge on any atom is 0.267 e. The second-order valence-electron chi connectivity index (χ2n) is 6.71. The topological polar surface area (TPSA) is 95.2 Å². The predicted molar refractivity (Wildman–Crippen MR) is 120 cm³/mol. The Labute approximate surface area is 181 Å². The van der Waals surface area contributed by atoms with Crippen LogP contribution in [0.25, 0.3) is 0 Å². The minimum Gasteiger partial charge on any atom is -0.496 e. The van der Waals surface area contributed by atoms with Gasteiger partial charge in [0, 0.05) is 5.69 Å². The van der Waals surface area contributed by atoms with Crippen LogP contribution in [0.4, 0.5) is 5.69 Å². The largest absolute Gasteiger partial charge is 0.496 e. The maximum atomic E-state index is 12.4. The molecule has 0 aromatic heterocycles. The fraction of sp³-hybridized carbons (Fsp3) is 0.167. The summed E-state index contributed by atoms with van der Waals surface area (Å²) in [6.07, 6.45) is -0.845. The second kappa shape index (κ2) is 10.7. The number of anilines is 1. The molecule has 0 fully saturated rings. The van der Waals surface area contributed by atoms with E-state index in [4.69, 9.17) is 20.0 Å². The third-order valence-corrected chi connectivity index (χ3v) is 4.43. The predicted octanol–water partition coefficient (Wildman–Crippen LogP) is 3.94. The molecule has 3 N–H and O–H groups in total. The Hall–Kier alpha value is -4.00. The fourth-order valence-corrected chi connectivity index (χ4v) is 2.71. The summed E-state index contributed by atoms with van der Waals surface area (Å²) in [5.41, 5.74) is 8.25. The molecule has 0 bridgehead atoms. The SMILES string of the molecule is COc1ccccc1/C(N)=N/OC(C)C(=O)Nc1ccc(OCc2ccccc2)cc1. The Balaban J connectivity index is 1.52. The molecule has 31 heavy (non-hydrogen) atoms. The van der Waals surface area contributed by atoms with Crippen molar-refractivity contribution >= 4 is 17.4 Å². The number of amides is 1. The molecule has 1 amide bonds. The van der Waals surface area contributed by atoms with Crippen LogP contribution >= 0.6 is 0 Å². The van der Waals surface area contributed by atoms with E-state index < -0.39 is 6.10 Å². The number of ether oxygens (including phenoxy) is 2. The molecule has 0 spiro atoms. The highest BCUT2D eigenvalue weighted by Crippen LogP contribution is 2.18. The Morgan fingerprint density at radius 1 is 1.00 bits per heavy atom. The summed E-state index contributed by atoms with van der Waals surface area (Å²) in [4.78, 5) is 17.7. The molecule has 1 unspecified atom stereocenters. The normalized spacial score (nSPS) is 12.0.